The highest BCUT2D eigenvalue weighted by Gasteiger charge is 2.16. The molecule has 0 atom stereocenters. The first-order valence-corrected chi connectivity index (χ1v) is 4.74. The Kier molecular flexibility index (Phi) is 2.53. The zero-order valence-corrected chi connectivity index (χ0v) is 8.50. The predicted molar refractivity (Wildman–Crippen MR) is 50.3 cm³/mol. The number of ether oxygens (including phenoxy) is 2. The normalized spacial score (nSPS) is 14.9. The second-order valence-corrected chi connectivity index (χ2v) is 3.63. The quantitative estimate of drug-likeness (QED) is 0.819. The summed E-state index contributed by atoms with van der Waals surface area (Å²) in [5, 5.41) is 9.13. The van der Waals surface area contributed by atoms with E-state index >= 15 is 0 Å². The number of rotatable bonds is 1. The van der Waals surface area contributed by atoms with Crippen molar-refractivity contribution >= 4 is 15.9 Å². The maximum absolute atomic E-state index is 9.13. The van der Waals surface area contributed by atoms with Crippen molar-refractivity contribution in [3.8, 4) is 5.75 Å². The fraction of sp³-hybridized carbons (Fsp3) is 0.333. The first kappa shape index (κ1) is 8.99. The van der Waals surface area contributed by atoms with Gasteiger partial charge in [-0.05, 0) is 12.1 Å². The molecule has 0 saturated carbocycles. The van der Waals surface area contributed by atoms with Crippen LogP contribution in [0.15, 0.2) is 16.6 Å². The van der Waals surface area contributed by atoms with Crippen LogP contribution in [0, 0.1) is 0 Å². The predicted octanol–water partition coefficient (Wildman–Crippen LogP) is 1.81. The number of benzene rings is 1. The minimum absolute atomic E-state index is 0.00350. The van der Waals surface area contributed by atoms with Crippen LogP contribution in [-0.2, 0) is 18.0 Å². The molecule has 1 aromatic carbocycles. The van der Waals surface area contributed by atoms with E-state index in [-0.39, 0.29) is 6.61 Å². The van der Waals surface area contributed by atoms with E-state index in [1.807, 2.05) is 12.1 Å². The number of fused-ring (bicyclic) bond motifs is 1. The van der Waals surface area contributed by atoms with E-state index in [1.165, 1.54) is 0 Å². The molecule has 0 aromatic heterocycles. The van der Waals surface area contributed by atoms with Gasteiger partial charge < -0.3 is 14.6 Å². The fourth-order valence-electron chi connectivity index (χ4n) is 1.36. The van der Waals surface area contributed by atoms with Crippen LogP contribution in [0.25, 0.3) is 0 Å². The Hall–Kier alpha value is -0.580. The molecule has 0 fully saturated rings. The van der Waals surface area contributed by atoms with Gasteiger partial charge in [-0.1, -0.05) is 15.9 Å². The summed E-state index contributed by atoms with van der Waals surface area (Å²) in [6.45, 7) is 0.792. The molecule has 0 saturated heterocycles. The maximum Gasteiger partial charge on any atom is 0.189 e. The van der Waals surface area contributed by atoms with E-state index in [2.05, 4.69) is 15.9 Å². The first-order valence-electron chi connectivity index (χ1n) is 3.94. The molecule has 1 N–H and O–H groups in total. The standard InChI is InChI=1S/C9H9BrO3/c10-8-1-2-9-7(6(8)3-11)4-12-5-13-9/h1-2,11H,3-5H2. The average molecular weight is 245 g/mol. The van der Waals surface area contributed by atoms with E-state index in [0.29, 0.717) is 13.4 Å². The molecule has 0 aliphatic carbocycles. The topological polar surface area (TPSA) is 38.7 Å². The molecule has 1 aliphatic rings. The summed E-state index contributed by atoms with van der Waals surface area (Å²) in [5.41, 5.74) is 1.78. The van der Waals surface area contributed by atoms with Crippen LogP contribution in [0.2, 0.25) is 0 Å². The Balaban J connectivity index is 2.52. The summed E-state index contributed by atoms with van der Waals surface area (Å²) in [6, 6.07) is 3.75. The van der Waals surface area contributed by atoms with Crippen LogP contribution in [0.4, 0.5) is 0 Å². The highest BCUT2D eigenvalue weighted by atomic mass is 79.9. The monoisotopic (exact) mass is 244 g/mol. The number of aliphatic hydroxyl groups is 1. The van der Waals surface area contributed by atoms with Gasteiger partial charge in [-0.2, -0.15) is 0 Å². The number of aliphatic hydroxyl groups excluding tert-OH is 1. The van der Waals surface area contributed by atoms with E-state index in [0.717, 1.165) is 21.3 Å². The molecule has 0 unspecified atom stereocenters. The molecule has 13 heavy (non-hydrogen) atoms. The Bertz CT molecular complexity index is 325. The first-order chi connectivity index (χ1) is 6.33. The van der Waals surface area contributed by atoms with Crippen LogP contribution in [-0.4, -0.2) is 11.9 Å². The lowest BCUT2D eigenvalue weighted by molar-refractivity contribution is -0.0174. The smallest absolute Gasteiger partial charge is 0.189 e. The van der Waals surface area contributed by atoms with Crippen molar-refractivity contribution in [2.75, 3.05) is 6.79 Å². The molecule has 1 aliphatic heterocycles. The van der Waals surface area contributed by atoms with Crippen LogP contribution >= 0.6 is 15.9 Å². The average Bonchev–Trinajstić information content (AvgIpc) is 2.18. The third-order valence-electron chi connectivity index (χ3n) is 2.03. The SMILES string of the molecule is OCc1c(Br)ccc2c1COCO2. The molecule has 1 aromatic rings. The fourth-order valence-corrected chi connectivity index (χ4v) is 1.85. The lowest BCUT2D eigenvalue weighted by Gasteiger charge is -2.20. The zero-order valence-electron chi connectivity index (χ0n) is 6.92. The van der Waals surface area contributed by atoms with Crippen molar-refractivity contribution in [2.45, 2.75) is 13.2 Å². The highest BCUT2D eigenvalue weighted by molar-refractivity contribution is 9.10. The Labute approximate surface area is 84.4 Å². The second-order valence-electron chi connectivity index (χ2n) is 2.77. The van der Waals surface area contributed by atoms with Crippen molar-refractivity contribution in [3.63, 3.8) is 0 Å². The van der Waals surface area contributed by atoms with Crippen molar-refractivity contribution < 1.29 is 14.6 Å². The number of halogens is 1. The molecule has 0 bridgehead atoms. The van der Waals surface area contributed by atoms with Gasteiger partial charge in [0.1, 0.15) is 5.75 Å². The second kappa shape index (κ2) is 3.65. The lowest BCUT2D eigenvalue weighted by Crippen LogP contribution is -2.13. The van der Waals surface area contributed by atoms with Crippen molar-refractivity contribution in [3.05, 3.63) is 27.7 Å². The molecular weight excluding hydrogens is 236 g/mol. The Morgan fingerprint density at radius 3 is 3.08 bits per heavy atom. The van der Waals surface area contributed by atoms with Gasteiger partial charge in [0.25, 0.3) is 0 Å². The van der Waals surface area contributed by atoms with Crippen LogP contribution in [0.1, 0.15) is 11.1 Å². The molecule has 2 rings (SSSR count). The van der Waals surface area contributed by atoms with Gasteiger partial charge in [-0.25, -0.2) is 0 Å². The third-order valence-corrected chi connectivity index (χ3v) is 2.78. The Morgan fingerprint density at radius 1 is 1.46 bits per heavy atom. The van der Waals surface area contributed by atoms with E-state index in [4.69, 9.17) is 14.6 Å². The van der Waals surface area contributed by atoms with Crippen molar-refractivity contribution in [1.82, 2.24) is 0 Å². The molecular formula is C9H9BrO3. The molecule has 1 heterocycles. The number of hydrogen-bond acceptors (Lipinski definition) is 3. The lowest BCUT2D eigenvalue weighted by atomic mass is 10.1. The molecule has 0 radical (unpaired) electrons. The summed E-state index contributed by atoms with van der Waals surface area (Å²) in [6.07, 6.45) is 0. The van der Waals surface area contributed by atoms with E-state index in [9.17, 15) is 0 Å². The molecule has 0 amide bonds. The minimum Gasteiger partial charge on any atom is -0.467 e. The molecule has 0 spiro atoms. The third kappa shape index (κ3) is 1.57. The molecule has 4 heteroatoms. The summed E-state index contributed by atoms with van der Waals surface area (Å²) in [7, 11) is 0. The highest BCUT2D eigenvalue weighted by Crippen LogP contribution is 2.31. The van der Waals surface area contributed by atoms with Crippen LogP contribution < -0.4 is 4.74 Å². The van der Waals surface area contributed by atoms with Crippen LogP contribution in [0.3, 0.4) is 0 Å². The number of hydrogen-bond donors (Lipinski definition) is 1. The van der Waals surface area contributed by atoms with Gasteiger partial charge in [0.15, 0.2) is 6.79 Å². The minimum atomic E-state index is -0.00350. The largest absolute Gasteiger partial charge is 0.467 e. The van der Waals surface area contributed by atoms with Gasteiger partial charge in [-0.15, -0.1) is 0 Å². The maximum atomic E-state index is 9.13. The van der Waals surface area contributed by atoms with Crippen molar-refractivity contribution in [1.29, 1.82) is 0 Å². The summed E-state index contributed by atoms with van der Waals surface area (Å²) >= 11 is 3.36. The van der Waals surface area contributed by atoms with Crippen molar-refractivity contribution in [2.24, 2.45) is 0 Å². The molecule has 70 valence electrons. The Morgan fingerprint density at radius 2 is 2.31 bits per heavy atom. The van der Waals surface area contributed by atoms with Gasteiger partial charge >= 0.3 is 0 Å². The van der Waals surface area contributed by atoms with Gasteiger partial charge in [-0.3, -0.25) is 0 Å². The summed E-state index contributed by atoms with van der Waals surface area (Å²) in [4.78, 5) is 0. The van der Waals surface area contributed by atoms with Gasteiger partial charge in [0.05, 0.1) is 13.2 Å². The van der Waals surface area contributed by atoms with Gasteiger partial charge in [0, 0.05) is 15.6 Å². The molecule has 3 nitrogen and oxygen atoms in total. The summed E-state index contributed by atoms with van der Waals surface area (Å²) < 4.78 is 11.3. The van der Waals surface area contributed by atoms with Gasteiger partial charge in [0.2, 0.25) is 0 Å². The van der Waals surface area contributed by atoms with Crippen LogP contribution in [0.5, 0.6) is 5.75 Å². The summed E-state index contributed by atoms with van der Waals surface area (Å²) in [5.74, 6) is 0.804. The zero-order chi connectivity index (χ0) is 9.26. The van der Waals surface area contributed by atoms with E-state index < -0.39 is 0 Å². The van der Waals surface area contributed by atoms with E-state index in [1.54, 1.807) is 0 Å².